The summed E-state index contributed by atoms with van der Waals surface area (Å²) in [6.45, 7) is 0.545. The number of nitrogens with one attached hydrogen (secondary N) is 1. The Morgan fingerprint density at radius 1 is 1.28 bits per heavy atom. The normalized spacial score (nSPS) is 10.4. The van der Waals surface area contributed by atoms with Crippen molar-refractivity contribution in [2.75, 3.05) is 7.11 Å². The number of nitrogens with zero attached hydrogens (tertiary/aromatic N) is 3. The number of hydrogen-bond acceptors (Lipinski definition) is 6. The van der Waals surface area contributed by atoms with Crippen molar-refractivity contribution in [3.8, 4) is 10.6 Å². The molecule has 0 fully saturated rings. The maximum atomic E-state index is 12.0. The maximum absolute atomic E-state index is 12.0. The highest BCUT2D eigenvalue weighted by Crippen LogP contribution is 2.27. The predicted octanol–water partition coefficient (Wildman–Crippen LogP) is 2.11. The Bertz CT molecular complexity index is 873. The molecule has 0 atom stereocenters. The van der Waals surface area contributed by atoms with E-state index in [-0.39, 0.29) is 18.4 Å². The standard InChI is InChI=1S/C17H16N4O3S/c1-24-17(23)15-5-4-14(25-15)13-6-8-21(20-13)11-16(22)19-10-12-3-2-7-18-9-12/h2-9H,10-11H2,1H3,(H,19,22). The van der Waals surface area contributed by atoms with Crippen LogP contribution in [0.1, 0.15) is 15.2 Å². The number of hydrogen-bond donors (Lipinski definition) is 1. The number of aromatic nitrogens is 3. The van der Waals surface area contributed by atoms with Gasteiger partial charge in [-0.05, 0) is 29.8 Å². The van der Waals surface area contributed by atoms with Crippen LogP contribution in [0.5, 0.6) is 0 Å². The van der Waals surface area contributed by atoms with Crippen LogP contribution in [0, 0.1) is 0 Å². The molecule has 3 aromatic heterocycles. The lowest BCUT2D eigenvalue weighted by atomic mass is 10.3. The van der Waals surface area contributed by atoms with Crippen LogP contribution >= 0.6 is 11.3 Å². The van der Waals surface area contributed by atoms with Gasteiger partial charge < -0.3 is 10.1 Å². The zero-order valence-corrected chi connectivity index (χ0v) is 14.3. The number of methoxy groups -OCH3 is 1. The van der Waals surface area contributed by atoms with E-state index in [1.165, 1.54) is 18.4 Å². The monoisotopic (exact) mass is 356 g/mol. The van der Waals surface area contributed by atoms with Gasteiger partial charge in [-0.1, -0.05) is 6.07 Å². The van der Waals surface area contributed by atoms with E-state index in [9.17, 15) is 9.59 Å². The summed E-state index contributed by atoms with van der Waals surface area (Å²) < 4.78 is 6.26. The first-order valence-electron chi connectivity index (χ1n) is 7.53. The Balaban J connectivity index is 1.58. The van der Waals surface area contributed by atoms with Gasteiger partial charge in [0, 0.05) is 25.1 Å². The highest BCUT2D eigenvalue weighted by Gasteiger charge is 2.12. The van der Waals surface area contributed by atoms with Crippen LogP contribution in [0.25, 0.3) is 10.6 Å². The molecule has 0 bridgehead atoms. The van der Waals surface area contributed by atoms with Crippen molar-refractivity contribution < 1.29 is 14.3 Å². The van der Waals surface area contributed by atoms with Crippen molar-refractivity contribution in [1.29, 1.82) is 0 Å². The van der Waals surface area contributed by atoms with Gasteiger partial charge in [0.15, 0.2) is 0 Å². The second-order valence-corrected chi connectivity index (χ2v) is 6.28. The summed E-state index contributed by atoms with van der Waals surface area (Å²) in [6.07, 6.45) is 5.13. The Kier molecular flexibility index (Phi) is 5.20. The quantitative estimate of drug-likeness (QED) is 0.684. The van der Waals surface area contributed by atoms with Crippen LogP contribution in [0.3, 0.4) is 0 Å². The van der Waals surface area contributed by atoms with Crippen LogP contribution in [-0.2, 0) is 22.6 Å². The van der Waals surface area contributed by atoms with Crippen LogP contribution in [0.2, 0.25) is 0 Å². The van der Waals surface area contributed by atoms with Gasteiger partial charge >= 0.3 is 5.97 Å². The van der Waals surface area contributed by atoms with Gasteiger partial charge in [-0.25, -0.2) is 4.79 Å². The first-order chi connectivity index (χ1) is 12.2. The number of ether oxygens (including phenoxy) is 1. The second kappa shape index (κ2) is 7.71. The number of esters is 1. The lowest BCUT2D eigenvalue weighted by molar-refractivity contribution is -0.122. The summed E-state index contributed by atoms with van der Waals surface area (Å²) in [5, 5.41) is 7.20. The number of pyridine rings is 1. The molecule has 0 spiro atoms. The van der Waals surface area contributed by atoms with Crippen molar-refractivity contribution in [3.63, 3.8) is 0 Å². The molecule has 0 aliphatic carbocycles. The summed E-state index contributed by atoms with van der Waals surface area (Å²) in [6, 6.07) is 9.04. The summed E-state index contributed by atoms with van der Waals surface area (Å²) in [5.74, 6) is -0.509. The van der Waals surface area contributed by atoms with E-state index in [1.807, 2.05) is 18.2 Å². The highest BCUT2D eigenvalue weighted by atomic mass is 32.1. The molecule has 128 valence electrons. The fourth-order valence-electron chi connectivity index (χ4n) is 2.17. The number of carbonyl (C=O) groups is 2. The van der Waals surface area contributed by atoms with Crippen molar-refractivity contribution in [2.45, 2.75) is 13.1 Å². The van der Waals surface area contributed by atoms with Crippen molar-refractivity contribution in [3.05, 3.63) is 59.4 Å². The fraction of sp³-hybridized carbons (Fsp3) is 0.176. The molecule has 0 aromatic carbocycles. The van der Waals surface area contributed by atoms with Gasteiger partial charge in [0.25, 0.3) is 0 Å². The molecule has 3 aromatic rings. The molecule has 7 nitrogen and oxygen atoms in total. The second-order valence-electron chi connectivity index (χ2n) is 5.19. The third-order valence-corrected chi connectivity index (χ3v) is 4.49. The number of rotatable bonds is 6. The minimum atomic E-state index is -0.370. The molecule has 3 rings (SSSR count). The molecule has 0 saturated carbocycles. The van der Waals surface area contributed by atoms with E-state index in [1.54, 1.807) is 35.4 Å². The molecule has 0 unspecified atom stereocenters. The zero-order chi connectivity index (χ0) is 17.6. The van der Waals surface area contributed by atoms with E-state index >= 15 is 0 Å². The molecule has 0 saturated heterocycles. The average molecular weight is 356 g/mol. The van der Waals surface area contributed by atoms with E-state index in [0.717, 1.165) is 10.4 Å². The number of amides is 1. The van der Waals surface area contributed by atoms with Crippen LogP contribution in [0.15, 0.2) is 48.9 Å². The van der Waals surface area contributed by atoms with Crippen molar-refractivity contribution in [1.82, 2.24) is 20.1 Å². The molecule has 0 radical (unpaired) electrons. The van der Waals surface area contributed by atoms with Gasteiger partial charge in [0.2, 0.25) is 5.91 Å². The molecular formula is C17H16N4O3S. The third kappa shape index (κ3) is 4.30. The van der Waals surface area contributed by atoms with E-state index in [2.05, 4.69) is 15.4 Å². The molecule has 0 aliphatic heterocycles. The summed E-state index contributed by atoms with van der Waals surface area (Å²) in [7, 11) is 1.35. The Morgan fingerprint density at radius 3 is 2.92 bits per heavy atom. The van der Waals surface area contributed by atoms with E-state index in [4.69, 9.17) is 4.74 Å². The molecule has 1 N–H and O–H groups in total. The number of thiophene rings is 1. The molecule has 8 heteroatoms. The summed E-state index contributed by atoms with van der Waals surface area (Å²) >= 11 is 1.30. The van der Waals surface area contributed by atoms with Gasteiger partial charge in [-0.15, -0.1) is 11.3 Å². The summed E-state index contributed by atoms with van der Waals surface area (Å²) in [4.78, 5) is 28.9. The summed E-state index contributed by atoms with van der Waals surface area (Å²) in [5.41, 5.74) is 1.64. The number of carbonyl (C=O) groups excluding carboxylic acids is 2. The van der Waals surface area contributed by atoms with E-state index < -0.39 is 0 Å². The first kappa shape index (κ1) is 16.8. The smallest absolute Gasteiger partial charge is 0.348 e. The zero-order valence-electron chi connectivity index (χ0n) is 13.5. The van der Waals surface area contributed by atoms with Crippen molar-refractivity contribution >= 4 is 23.2 Å². The molecule has 0 aliphatic rings. The molecular weight excluding hydrogens is 340 g/mol. The van der Waals surface area contributed by atoms with Crippen LogP contribution < -0.4 is 5.32 Å². The lowest BCUT2D eigenvalue weighted by Gasteiger charge is -2.05. The maximum Gasteiger partial charge on any atom is 0.348 e. The largest absolute Gasteiger partial charge is 0.465 e. The fourth-order valence-corrected chi connectivity index (χ4v) is 3.06. The average Bonchev–Trinajstić information content (AvgIpc) is 3.29. The SMILES string of the molecule is COC(=O)c1ccc(-c2ccn(CC(=O)NCc3cccnc3)n2)s1. The van der Waals surface area contributed by atoms with Crippen molar-refractivity contribution in [2.24, 2.45) is 0 Å². The van der Waals surface area contributed by atoms with Gasteiger partial charge in [0.05, 0.1) is 12.0 Å². The molecule has 1 amide bonds. The Morgan fingerprint density at radius 2 is 2.16 bits per heavy atom. The first-order valence-corrected chi connectivity index (χ1v) is 8.35. The topological polar surface area (TPSA) is 86.1 Å². The van der Waals surface area contributed by atoms with E-state index in [0.29, 0.717) is 17.1 Å². The minimum absolute atomic E-state index is 0.121. The van der Waals surface area contributed by atoms with Crippen LogP contribution in [-0.4, -0.2) is 33.8 Å². The van der Waals surface area contributed by atoms with Gasteiger partial charge in [-0.2, -0.15) is 5.10 Å². The van der Waals surface area contributed by atoms with Crippen LogP contribution in [0.4, 0.5) is 0 Å². The van der Waals surface area contributed by atoms with Gasteiger partial charge in [-0.3, -0.25) is 14.5 Å². The molecule has 25 heavy (non-hydrogen) atoms. The lowest BCUT2D eigenvalue weighted by Crippen LogP contribution is -2.27. The highest BCUT2D eigenvalue weighted by molar-refractivity contribution is 7.17. The third-order valence-electron chi connectivity index (χ3n) is 3.40. The predicted molar refractivity (Wildman–Crippen MR) is 93.0 cm³/mol. The minimum Gasteiger partial charge on any atom is -0.465 e. The van der Waals surface area contributed by atoms with Gasteiger partial charge in [0.1, 0.15) is 17.1 Å². The molecule has 3 heterocycles. The Labute approximate surface area is 148 Å². The Hall–Kier alpha value is -3.00.